The molecule has 1 heterocycles. The molecule has 2 aromatic carbocycles. The van der Waals surface area contributed by atoms with E-state index in [4.69, 9.17) is 9.47 Å². The number of likely N-dealkylation sites (N-methyl/N-ethyl adjacent to an activating group) is 1. The van der Waals surface area contributed by atoms with E-state index < -0.39 is 6.10 Å². The Hall–Kier alpha value is -1.92. The lowest BCUT2D eigenvalue weighted by Gasteiger charge is -2.21. The second kappa shape index (κ2) is 11.2. The van der Waals surface area contributed by atoms with Gasteiger partial charge in [-0.2, -0.15) is 0 Å². The highest BCUT2D eigenvalue weighted by Crippen LogP contribution is 2.15. The first kappa shape index (κ1) is 20.8. The maximum absolute atomic E-state index is 10.3. The van der Waals surface area contributed by atoms with Crippen molar-refractivity contribution in [3.8, 4) is 5.75 Å². The first-order valence-electron chi connectivity index (χ1n) is 10.1. The van der Waals surface area contributed by atoms with Crippen LogP contribution < -0.4 is 4.74 Å². The first-order valence-corrected chi connectivity index (χ1v) is 10.1. The van der Waals surface area contributed by atoms with Crippen LogP contribution in [0.25, 0.3) is 0 Å². The zero-order valence-electron chi connectivity index (χ0n) is 16.8. The molecule has 1 aliphatic rings. The van der Waals surface area contributed by atoms with Crippen molar-refractivity contribution in [1.29, 1.82) is 0 Å². The fourth-order valence-corrected chi connectivity index (χ4v) is 3.47. The molecule has 0 spiro atoms. The maximum Gasteiger partial charge on any atom is 0.119 e. The lowest BCUT2D eigenvalue weighted by molar-refractivity contribution is 0.0744. The summed E-state index contributed by atoms with van der Waals surface area (Å²) in [4.78, 5) is 4.53. The first-order chi connectivity index (χ1) is 13.7. The molecule has 0 bridgehead atoms. The minimum Gasteiger partial charge on any atom is -0.491 e. The Morgan fingerprint density at radius 2 is 1.82 bits per heavy atom. The average molecular weight is 385 g/mol. The highest BCUT2D eigenvalue weighted by molar-refractivity contribution is 5.27. The molecule has 0 aromatic heterocycles. The molecular formula is C23H32N2O3. The smallest absolute Gasteiger partial charge is 0.119 e. The van der Waals surface area contributed by atoms with E-state index in [9.17, 15) is 5.11 Å². The highest BCUT2D eigenvalue weighted by atomic mass is 16.5. The van der Waals surface area contributed by atoms with Crippen LogP contribution >= 0.6 is 0 Å². The van der Waals surface area contributed by atoms with Crippen LogP contribution in [-0.2, 0) is 17.8 Å². The van der Waals surface area contributed by atoms with Crippen LogP contribution in [0.3, 0.4) is 0 Å². The van der Waals surface area contributed by atoms with Gasteiger partial charge in [0.25, 0.3) is 0 Å². The third kappa shape index (κ3) is 7.24. The van der Waals surface area contributed by atoms with E-state index in [0.29, 0.717) is 13.2 Å². The second-order valence-electron chi connectivity index (χ2n) is 7.53. The molecule has 3 rings (SSSR count). The van der Waals surface area contributed by atoms with Crippen molar-refractivity contribution in [3.63, 3.8) is 0 Å². The van der Waals surface area contributed by atoms with E-state index in [0.717, 1.165) is 51.6 Å². The molecule has 1 fully saturated rings. The van der Waals surface area contributed by atoms with E-state index in [2.05, 4.69) is 34.1 Å². The quantitative estimate of drug-likeness (QED) is 0.720. The fraction of sp³-hybridized carbons (Fsp3) is 0.478. The van der Waals surface area contributed by atoms with Gasteiger partial charge in [0.1, 0.15) is 18.5 Å². The van der Waals surface area contributed by atoms with E-state index in [1.165, 1.54) is 11.1 Å². The molecule has 2 aromatic rings. The summed E-state index contributed by atoms with van der Waals surface area (Å²) in [5, 5.41) is 10.3. The van der Waals surface area contributed by atoms with Crippen LogP contribution in [0, 0.1) is 0 Å². The molecule has 1 aliphatic heterocycles. The monoisotopic (exact) mass is 384 g/mol. The topological polar surface area (TPSA) is 45.2 Å². The summed E-state index contributed by atoms with van der Waals surface area (Å²) in [6.45, 7) is 6.38. The number of hydrogen-bond donors (Lipinski definition) is 1. The summed E-state index contributed by atoms with van der Waals surface area (Å²) in [7, 11) is 2.01. The van der Waals surface area contributed by atoms with Crippen molar-refractivity contribution in [2.75, 3.05) is 46.5 Å². The van der Waals surface area contributed by atoms with Gasteiger partial charge in [0, 0.05) is 39.3 Å². The molecule has 1 saturated heterocycles. The van der Waals surface area contributed by atoms with Crippen LogP contribution in [0.5, 0.6) is 5.75 Å². The number of aliphatic hydroxyl groups excluding tert-OH is 1. The van der Waals surface area contributed by atoms with Gasteiger partial charge in [-0.15, -0.1) is 0 Å². The average Bonchev–Trinajstić information content (AvgIpc) is 2.97. The fourth-order valence-electron chi connectivity index (χ4n) is 3.47. The van der Waals surface area contributed by atoms with E-state index in [-0.39, 0.29) is 0 Å². The Morgan fingerprint density at radius 1 is 1.04 bits per heavy atom. The Balaban J connectivity index is 1.39. The van der Waals surface area contributed by atoms with Gasteiger partial charge in [0.05, 0.1) is 6.61 Å². The lowest BCUT2D eigenvalue weighted by Crippen LogP contribution is -2.32. The molecule has 5 heteroatoms. The molecule has 1 N–H and O–H groups in total. The largest absolute Gasteiger partial charge is 0.491 e. The van der Waals surface area contributed by atoms with Crippen LogP contribution in [0.4, 0.5) is 0 Å². The van der Waals surface area contributed by atoms with Gasteiger partial charge in [0.2, 0.25) is 0 Å². The second-order valence-corrected chi connectivity index (χ2v) is 7.53. The van der Waals surface area contributed by atoms with Crippen molar-refractivity contribution >= 4 is 0 Å². The van der Waals surface area contributed by atoms with Crippen molar-refractivity contribution in [2.24, 2.45) is 0 Å². The standard InChI is InChI=1S/C23H32N2O3/c1-24(16-20-6-3-2-4-7-20)18-22(26)19-28-23-10-8-21(9-11-23)17-25-12-5-14-27-15-13-25/h2-4,6-11,22,26H,5,12-19H2,1H3/t22-/m1/s1. The summed E-state index contributed by atoms with van der Waals surface area (Å²) in [5.41, 5.74) is 2.52. The molecule has 1 atom stereocenters. The maximum atomic E-state index is 10.3. The lowest BCUT2D eigenvalue weighted by atomic mass is 10.2. The molecule has 0 aliphatic carbocycles. The van der Waals surface area contributed by atoms with Gasteiger partial charge >= 0.3 is 0 Å². The highest BCUT2D eigenvalue weighted by Gasteiger charge is 2.11. The molecular weight excluding hydrogens is 352 g/mol. The summed E-state index contributed by atoms with van der Waals surface area (Å²) >= 11 is 0. The SMILES string of the molecule is CN(Cc1ccccc1)C[C@@H](O)COc1ccc(CN2CCCOCC2)cc1. The summed E-state index contributed by atoms with van der Waals surface area (Å²) < 4.78 is 11.3. The predicted molar refractivity (Wildman–Crippen MR) is 111 cm³/mol. The van der Waals surface area contributed by atoms with Gasteiger partial charge in [-0.1, -0.05) is 42.5 Å². The van der Waals surface area contributed by atoms with E-state index in [1.807, 2.05) is 37.4 Å². The summed E-state index contributed by atoms with van der Waals surface area (Å²) in [6.07, 6.45) is 0.572. The summed E-state index contributed by atoms with van der Waals surface area (Å²) in [6, 6.07) is 18.5. The van der Waals surface area contributed by atoms with Crippen molar-refractivity contribution < 1.29 is 14.6 Å². The van der Waals surface area contributed by atoms with Crippen molar-refractivity contribution in [3.05, 3.63) is 65.7 Å². The van der Waals surface area contributed by atoms with Crippen molar-refractivity contribution in [2.45, 2.75) is 25.6 Å². The molecule has 0 saturated carbocycles. The third-order valence-corrected chi connectivity index (χ3v) is 4.90. The Bertz CT molecular complexity index is 670. The van der Waals surface area contributed by atoms with Gasteiger partial charge in [0.15, 0.2) is 0 Å². The van der Waals surface area contributed by atoms with Gasteiger partial charge < -0.3 is 14.6 Å². The Morgan fingerprint density at radius 3 is 2.61 bits per heavy atom. The van der Waals surface area contributed by atoms with Crippen LogP contribution in [0.15, 0.2) is 54.6 Å². The number of hydrogen-bond acceptors (Lipinski definition) is 5. The minimum absolute atomic E-state index is 0.294. The van der Waals surface area contributed by atoms with Crippen LogP contribution in [0.2, 0.25) is 0 Å². The Kier molecular flexibility index (Phi) is 8.30. The molecule has 5 nitrogen and oxygen atoms in total. The third-order valence-electron chi connectivity index (χ3n) is 4.90. The van der Waals surface area contributed by atoms with Crippen molar-refractivity contribution in [1.82, 2.24) is 9.80 Å². The molecule has 0 radical (unpaired) electrons. The van der Waals surface area contributed by atoms with Crippen LogP contribution in [0.1, 0.15) is 17.5 Å². The van der Waals surface area contributed by atoms with E-state index in [1.54, 1.807) is 0 Å². The zero-order chi connectivity index (χ0) is 19.6. The predicted octanol–water partition coefficient (Wildman–Crippen LogP) is 2.78. The number of benzene rings is 2. The molecule has 0 amide bonds. The van der Waals surface area contributed by atoms with Crippen LogP contribution in [-0.4, -0.2) is 67.5 Å². The van der Waals surface area contributed by atoms with Gasteiger partial charge in [-0.3, -0.25) is 9.80 Å². The zero-order valence-corrected chi connectivity index (χ0v) is 16.8. The van der Waals surface area contributed by atoms with Gasteiger partial charge in [-0.25, -0.2) is 0 Å². The Labute approximate surface area is 168 Å². The number of nitrogens with zero attached hydrogens (tertiary/aromatic N) is 2. The van der Waals surface area contributed by atoms with Gasteiger partial charge in [-0.05, 0) is 36.7 Å². The molecule has 152 valence electrons. The number of ether oxygens (including phenoxy) is 2. The summed E-state index contributed by atoms with van der Waals surface area (Å²) in [5.74, 6) is 0.799. The number of aliphatic hydroxyl groups is 1. The molecule has 28 heavy (non-hydrogen) atoms. The van der Waals surface area contributed by atoms with E-state index >= 15 is 0 Å². The molecule has 0 unspecified atom stereocenters. The normalized spacial score (nSPS) is 16.7. The minimum atomic E-state index is -0.523. The number of rotatable bonds is 9.